The highest BCUT2D eigenvalue weighted by Crippen LogP contribution is 2.22. The smallest absolute Gasteiger partial charge is 0.410 e. The first kappa shape index (κ1) is 19.1. The van der Waals surface area contributed by atoms with Gasteiger partial charge in [-0.25, -0.2) is 13.2 Å². The first-order chi connectivity index (χ1) is 12.5. The van der Waals surface area contributed by atoms with Crippen molar-refractivity contribution in [1.29, 1.82) is 0 Å². The van der Waals surface area contributed by atoms with Crippen molar-refractivity contribution in [2.24, 2.45) is 0 Å². The average molecular weight is 381 g/mol. The van der Waals surface area contributed by atoms with Crippen LogP contribution in [0.1, 0.15) is 18.4 Å². The molecule has 144 valence electrons. The molecule has 2 saturated heterocycles. The van der Waals surface area contributed by atoms with Gasteiger partial charge in [-0.3, -0.25) is 0 Å². The fraction of sp³-hybridized carbons (Fsp3) is 0.611. The minimum atomic E-state index is -3.29. The van der Waals surface area contributed by atoms with Gasteiger partial charge in [-0.2, -0.15) is 4.31 Å². The van der Waals surface area contributed by atoms with E-state index in [9.17, 15) is 13.2 Å². The Balaban J connectivity index is 1.48. The molecule has 0 spiro atoms. The molecule has 2 aliphatic rings. The predicted molar refractivity (Wildman–Crippen MR) is 99.2 cm³/mol. The average Bonchev–Trinajstić information content (AvgIpc) is 2.67. The third-order valence-corrected chi connectivity index (χ3v) is 7.55. The fourth-order valence-electron chi connectivity index (χ4n) is 3.40. The highest BCUT2D eigenvalue weighted by Gasteiger charge is 2.36. The molecule has 1 aromatic rings. The first-order valence-corrected chi connectivity index (χ1v) is 10.6. The molecule has 7 nitrogen and oxygen atoms in total. The summed E-state index contributed by atoms with van der Waals surface area (Å²) in [6, 6.07) is 9.52. The Labute approximate surface area is 155 Å². The van der Waals surface area contributed by atoms with Crippen LogP contribution in [0.15, 0.2) is 30.3 Å². The second-order valence-corrected chi connectivity index (χ2v) is 9.19. The second-order valence-electron chi connectivity index (χ2n) is 6.97. The monoisotopic (exact) mass is 381 g/mol. The van der Waals surface area contributed by atoms with Crippen molar-refractivity contribution in [3.8, 4) is 0 Å². The third-order valence-electron chi connectivity index (χ3n) is 5.15. The van der Waals surface area contributed by atoms with Crippen LogP contribution in [-0.2, 0) is 21.4 Å². The van der Waals surface area contributed by atoms with Gasteiger partial charge in [0.05, 0.1) is 5.25 Å². The van der Waals surface area contributed by atoms with Crippen molar-refractivity contribution in [2.75, 3.05) is 46.3 Å². The Kier molecular flexibility index (Phi) is 6.16. The molecule has 3 rings (SSSR count). The van der Waals surface area contributed by atoms with Gasteiger partial charge in [-0.15, -0.1) is 0 Å². The van der Waals surface area contributed by atoms with Crippen LogP contribution in [0.2, 0.25) is 0 Å². The molecule has 0 N–H and O–H groups in total. The lowest BCUT2D eigenvalue weighted by atomic mass is 10.1. The quantitative estimate of drug-likeness (QED) is 0.788. The molecule has 0 aromatic heterocycles. The Bertz CT molecular complexity index is 694. The summed E-state index contributed by atoms with van der Waals surface area (Å²) in [7, 11) is -1.28. The summed E-state index contributed by atoms with van der Waals surface area (Å²) in [5.74, 6) is 0. The molecule has 2 fully saturated rings. The number of nitrogens with zero attached hydrogens (tertiary/aromatic N) is 3. The lowest BCUT2D eigenvalue weighted by Crippen LogP contribution is -2.52. The maximum absolute atomic E-state index is 12.8. The number of hydrogen-bond donors (Lipinski definition) is 0. The Morgan fingerprint density at radius 1 is 1.04 bits per heavy atom. The lowest BCUT2D eigenvalue weighted by molar-refractivity contribution is 0.0894. The molecule has 0 saturated carbocycles. The summed E-state index contributed by atoms with van der Waals surface area (Å²) in [6.45, 7) is 3.72. The van der Waals surface area contributed by atoms with Gasteiger partial charge in [0, 0.05) is 39.3 Å². The van der Waals surface area contributed by atoms with Gasteiger partial charge in [0.1, 0.15) is 6.61 Å². The third kappa shape index (κ3) is 4.55. The molecule has 26 heavy (non-hydrogen) atoms. The SMILES string of the molecule is CN1CCN(S(=O)(=O)C2CCN(C(=O)OCc3ccccc3)CC2)CC1. The number of ether oxygens (including phenoxy) is 1. The van der Waals surface area contributed by atoms with E-state index in [1.165, 1.54) is 0 Å². The molecule has 2 aliphatic heterocycles. The molecule has 0 bridgehead atoms. The summed E-state index contributed by atoms with van der Waals surface area (Å²) in [5, 5.41) is -0.399. The number of piperidine rings is 1. The number of amides is 1. The molecule has 0 radical (unpaired) electrons. The molecule has 0 aliphatic carbocycles. The van der Waals surface area contributed by atoms with Gasteiger partial charge in [-0.05, 0) is 25.5 Å². The topological polar surface area (TPSA) is 70.2 Å². The summed E-state index contributed by atoms with van der Waals surface area (Å²) >= 11 is 0. The van der Waals surface area contributed by atoms with Crippen molar-refractivity contribution in [3.63, 3.8) is 0 Å². The standard InChI is InChI=1S/C18H27N3O4S/c1-19-11-13-21(14-12-19)26(23,24)17-7-9-20(10-8-17)18(22)25-15-16-5-3-2-4-6-16/h2-6,17H,7-15H2,1H3. The Hall–Kier alpha value is -1.64. The van der Waals surface area contributed by atoms with Crippen LogP contribution in [0.25, 0.3) is 0 Å². The minimum Gasteiger partial charge on any atom is -0.445 e. The van der Waals surface area contributed by atoms with Crippen LogP contribution in [-0.4, -0.2) is 80.2 Å². The normalized spacial score (nSPS) is 20.9. The van der Waals surface area contributed by atoms with Gasteiger partial charge in [0.15, 0.2) is 0 Å². The highest BCUT2D eigenvalue weighted by molar-refractivity contribution is 7.89. The van der Waals surface area contributed by atoms with E-state index >= 15 is 0 Å². The molecule has 0 atom stereocenters. The zero-order valence-corrected chi connectivity index (χ0v) is 16.0. The number of benzene rings is 1. The lowest BCUT2D eigenvalue weighted by Gasteiger charge is -2.37. The van der Waals surface area contributed by atoms with Crippen molar-refractivity contribution < 1.29 is 17.9 Å². The molecule has 1 aromatic carbocycles. The zero-order valence-electron chi connectivity index (χ0n) is 15.2. The number of piperazine rings is 1. The fourth-order valence-corrected chi connectivity index (χ4v) is 5.30. The maximum Gasteiger partial charge on any atom is 0.410 e. The van der Waals surface area contributed by atoms with E-state index in [-0.39, 0.29) is 12.7 Å². The van der Waals surface area contributed by atoms with Crippen molar-refractivity contribution in [1.82, 2.24) is 14.1 Å². The number of rotatable bonds is 4. The van der Waals surface area contributed by atoms with Gasteiger partial charge in [0.25, 0.3) is 0 Å². The van der Waals surface area contributed by atoms with E-state index in [0.29, 0.717) is 39.0 Å². The van der Waals surface area contributed by atoms with Crippen molar-refractivity contribution >= 4 is 16.1 Å². The molecule has 0 unspecified atom stereocenters. The van der Waals surface area contributed by atoms with Crippen molar-refractivity contribution in [2.45, 2.75) is 24.7 Å². The van der Waals surface area contributed by atoms with Crippen LogP contribution in [0.4, 0.5) is 4.79 Å². The largest absolute Gasteiger partial charge is 0.445 e. The molecular formula is C18H27N3O4S. The highest BCUT2D eigenvalue weighted by atomic mass is 32.2. The molecule has 8 heteroatoms. The zero-order chi connectivity index (χ0) is 18.6. The predicted octanol–water partition coefficient (Wildman–Crippen LogP) is 1.36. The van der Waals surface area contributed by atoms with E-state index in [1.807, 2.05) is 37.4 Å². The van der Waals surface area contributed by atoms with Crippen LogP contribution < -0.4 is 0 Å². The molecule has 1 amide bonds. The number of likely N-dealkylation sites (tertiary alicyclic amines) is 1. The Morgan fingerprint density at radius 3 is 2.27 bits per heavy atom. The van der Waals surface area contributed by atoms with Crippen LogP contribution in [0, 0.1) is 0 Å². The maximum atomic E-state index is 12.8. The molecule has 2 heterocycles. The van der Waals surface area contributed by atoms with Gasteiger partial charge in [0.2, 0.25) is 10.0 Å². The summed E-state index contributed by atoms with van der Waals surface area (Å²) < 4.78 is 32.6. The van der Waals surface area contributed by atoms with E-state index < -0.39 is 15.3 Å². The number of carbonyl (C=O) groups is 1. The molecular weight excluding hydrogens is 354 g/mol. The number of hydrogen-bond acceptors (Lipinski definition) is 5. The summed E-state index contributed by atoms with van der Waals surface area (Å²) in [6.07, 6.45) is 0.564. The number of carbonyl (C=O) groups excluding carboxylic acids is 1. The number of likely N-dealkylation sites (N-methyl/N-ethyl adjacent to an activating group) is 1. The van der Waals surface area contributed by atoms with Crippen LogP contribution in [0.5, 0.6) is 0 Å². The van der Waals surface area contributed by atoms with Gasteiger partial charge < -0.3 is 14.5 Å². The van der Waals surface area contributed by atoms with E-state index in [0.717, 1.165) is 18.7 Å². The summed E-state index contributed by atoms with van der Waals surface area (Å²) in [5.41, 5.74) is 0.938. The van der Waals surface area contributed by atoms with Gasteiger partial charge >= 0.3 is 6.09 Å². The van der Waals surface area contributed by atoms with E-state index in [2.05, 4.69) is 4.90 Å². The van der Waals surface area contributed by atoms with E-state index in [4.69, 9.17) is 4.74 Å². The summed E-state index contributed by atoms with van der Waals surface area (Å²) in [4.78, 5) is 16.0. The van der Waals surface area contributed by atoms with Crippen LogP contribution in [0.3, 0.4) is 0 Å². The minimum absolute atomic E-state index is 0.235. The second kappa shape index (κ2) is 8.37. The first-order valence-electron chi connectivity index (χ1n) is 9.10. The van der Waals surface area contributed by atoms with Crippen LogP contribution >= 0.6 is 0 Å². The Morgan fingerprint density at radius 2 is 1.65 bits per heavy atom. The number of sulfonamides is 1. The van der Waals surface area contributed by atoms with Crippen molar-refractivity contribution in [3.05, 3.63) is 35.9 Å². The van der Waals surface area contributed by atoms with Gasteiger partial charge in [-0.1, -0.05) is 30.3 Å². The van der Waals surface area contributed by atoms with E-state index in [1.54, 1.807) is 9.21 Å².